The number of aryl methyl sites for hydroxylation is 1. The van der Waals surface area contributed by atoms with Crippen molar-refractivity contribution in [3.8, 4) is 5.75 Å². The minimum atomic E-state index is 0.684. The molecule has 0 fully saturated rings. The third kappa shape index (κ3) is 3.29. The molecule has 1 aromatic rings. The minimum absolute atomic E-state index is 0.684. The molecule has 78 valence electrons. The van der Waals surface area contributed by atoms with Crippen molar-refractivity contribution in [1.82, 2.24) is 0 Å². The lowest BCUT2D eigenvalue weighted by molar-refractivity contribution is 0.288. The monoisotopic (exact) mass is 193 g/mol. The highest BCUT2D eigenvalue weighted by Crippen LogP contribution is 2.20. The first-order valence-corrected chi connectivity index (χ1v) is 5.08. The van der Waals surface area contributed by atoms with Gasteiger partial charge in [-0.3, -0.25) is 0 Å². The molecule has 0 aromatic heterocycles. The first kappa shape index (κ1) is 10.9. The summed E-state index contributed by atoms with van der Waals surface area (Å²) in [6.07, 6.45) is 1.09. The van der Waals surface area contributed by atoms with Crippen molar-refractivity contribution in [3.63, 3.8) is 0 Å². The zero-order chi connectivity index (χ0) is 10.6. The van der Waals surface area contributed by atoms with Gasteiger partial charge >= 0.3 is 0 Å². The van der Waals surface area contributed by atoms with E-state index in [2.05, 4.69) is 13.8 Å². The highest BCUT2D eigenvalue weighted by atomic mass is 16.5. The van der Waals surface area contributed by atoms with E-state index >= 15 is 0 Å². The highest BCUT2D eigenvalue weighted by molar-refractivity contribution is 5.47. The largest absolute Gasteiger partial charge is 0.493 e. The average molecular weight is 193 g/mol. The van der Waals surface area contributed by atoms with Crippen molar-refractivity contribution >= 4 is 5.69 Å². The maximum Gasteiger partial charge on any atom is 0.122 e. The average Bonchev–Trinajstić information content (AvgIpc) is 2.08. The Labute approximate surface area is 86.1 Å². The van der Waals surface area contributed by atoms with Gasteiger partial charge in [0.1, 0.15) is 5.75 Å². The molecule has 0 aliphatic heterocycles. The standard InChI is InChI=1S/C12H19NO/c1-9(2)6-7-14-12-5-4-11(13)8-10(12)3/h4-5,8-9H,6-7,13H2,1-3H3. The Bertz CT molecular complexity index is 294. The van der Waals surface area contributed by atoms with Gasteiger partial charge < -0.3 is 10.5 Å². The summed E-state index contributed by atoms with van der Waals surface area (Å²) in [6, 6.07) is 5.74. The number of nitrogens with two attached hydrogens (primary N) is 1. The Morgan fingerprint density at radius 1 is 1.36 bits per heavy atom. The van der Waals surface area contributed by atoms with Gasteiger partial charge in [-0.2, -0.15) is 0 Å². The van der Waals surface area contributed by atoms with Crippen LogP contribution in [0.1, 0.15) is 25.8 Å². The van der Waals surface area contributed by atoms with Gasteiger partial charge in [0.05, 0.1) is 6.61 Å². The van der Waals surface area contributed by atoms with Crippen LogP contribution in [0.4, 0.5) is 5.69 Å². The van der Waals surface area contributed by atoms with Crippen molar-refractivity contribution in [2.75, 3.05) is 12.3 Å². The fourth-order valence-corrected chi connectivity index (χ4v) is 1.24. The molecule has 0 saturated carbocycles. The second-order valence-corrected chi connectivity index (χ2v) is 4.06. The van der Waals surface area contributed by atoms with Crippen LogP contribution in [0.3, 0.4) is 0 Å². The second kappa shape index (κ2) is 4.89. The fraction of sp³-hybridized carbons (Fsp3) is 0.500. The molecule has 0 bridgehead atoms. The van der Waals surface area contributed by atoms with Crippen LogP contribution in [0.25, 0.3) is 0 Å². The third-order valence-corrected chi connectivity index (χ3v) is 2.15. The maximum absolute atomic E-state index is 5.65. The lowest BCUT2D eigenvalue weighted by Crippen LogP contribution is -2.02. The van der Waals surface area contributed by atoms with Crippen molar-refractivity contribution in [2.45, 2.75) is 27.2 Å². The maximum atomic E-state index is 5.65. The van der Waals surface area contributed by atoms with E-state index in [1.165, 1.54) is 0 Å². The van der Waals surface area contributed by atoms with Gasteiger partial charge in [0, 0.05) is 5.69 Å². The van der Waals surface area contributed by atoms with Crippen LogP contribution in [0.5, 0.6) is 5.75 Å². The van der Waals surface area contributed by atoms with E-state index in [1.54, 1.807) is 0 Å². The molecule has 0 amide bonds. The summed E-state index contributed by atoms with van der Waals surface area (Å²) in [5.74, 6) is 1.63. The SMILES string of the molecule is Cc1cc(N)ccc1OCCC(C)C. The zero-order valence-electron chi connectivity index (χ0n) is 9.21. The summed E-state index contributed by atoms with van der Waals surface area (Å²) in [5.41, 5.74) is 7.54. The third-order valence-electron chi connectivity index (χ3n) is 2.15. The second-order valence-electron chi connectivity index (χ2n) is 4.06. The summed E-state index contributed by atoms with van der Waals surface area (Å²) in [4.78, 5) is 0. The van der Waals surface area contributed by atoms with E-state index in [0.717, 1.165) is 30.0 Å². The fourth-order valence-electron chi connectivity index (χ4n) is 1.24. The molecular weight excluding hydrogens is 174 g/mol. The van der Waals surface area contributed by atoms with Crippen molar-refractivity contribution in [2.24, 2.45) is 5.92 Å². The van der Waals surface area contributed by atoms with Crippen LogP contribution in [-0.2, 0) is 0 Å². The summed E-state index contributed by atoms with van der Waals surface area (Å²) in [6.45, 7) is 7.18. The topological polar surface area (TPSA) is 35.2 Å². The van der Waals surface area contributed by atoms with E-state index in [4.69, 9.17) is 10.5 Å². The predicted molar refractivity (Wildman–Crippen MR) is 60.5 cm³/mol. The van der Waals surface area contributed by atoms with Gasteiger partial charge in [-0.05, 0) is 43.0 Å². The molecular formula is C12H19NO. The molecule has 0 atom stereocenters. The molecule has 0 spiro atoms. The molecule has 1 aromatic carbocycles. The predicted octanol–water partition coefficient (Wildman–Crippen LogP) is 3.00. The van der Waals surface area contributed by atoms with Gasteiger partial charge in [0.25, 0.3) is 0 Å². The van der Waals surface area contributed by atoms with Crippen LogP contribution in [0.2, 0.25) is 0 Å². The molecule has 0 heterocycles. The quantitative estimate of drug-likeness (QED) is 0.746. The van der Waals surface area contributed by atoms with Gasteiger partial charge in [0.15, 0.2) is 0 Å². The minimum Gasteiger partial charge on any atom is -0.493 e. The normalized spacial score (nSPS) is 10.6. The molecule has 2 nitrogen and oxygen atoms in total. The molecule has 0 aliphatic rings. The van der Waals surface area contributed by atoms with Crippen LogP contribution in [-0.4, -0.2) is 6.61 Å². The number of ether oxygens (including phenoxy) is 1. The number of rotatable bonds is 4. The smallest absolute Gasteiger partial charge is 0.122 e. The summed E-state index contributed by atoms with van der Waals surface area (Å²) in [7, 11) is 0. The van der Waals surface area contributed by atoms with Crippen LogP contribution >= 0.6 is 0 Å². The lowest BCUT2D eigenvalue weighted by atomic mass is 10.1. The molecule has 2 heteroatoms. The van der Waals surface area contributed by atoms with Crippen molar-refractivity contribution in [3.05, 3.63) is 23.8 Å². The Kier molecular flexibility index (Phi) is 3.81. The molecule has 0 unspecified atom stereocenters. The first-order chi connectivity index (χ1) is 6.59. The Morgan fingerprint density at radius 2 is 2.07 bits per heavy atom. The van der Waals surface area contributed by atoms with Gasteiger partial charge in [-0.1, -0.05) is 13.8 Å². The number of nitrogen functional groups attached to an aromatic ring is 1. The molecule has 14 heavy (non-hydrogen) atoms. The number of anilines is 1. The Morgan fingerprint density at radius 3 is 2.64 bits per heavy atom. The van der Waals surface area contributed by atoms with Gasteiger partial charge in [-0.15, -0.1) is 0 Å². The van der Waals surface area contributed by atoms with Crippen LogP contribution in [0.15, 0.2) is 18.2 Å². The molecule has 0 aliphatic carbocycles. The molecule has 0 saturated heterocycles. The van der Waals surface area contributed by atoms with E-state index in [9.17, 15) is 0 Å². The van der Waals surface area contributed by atoms with Crippen molar-refractivity contribution < 1.29 is 4.74 Å². The molecule has 0 radical (unpaired) electrons. The van der Waals surface area contributed by atoms with E-state index in [-0.39, 0.29) is 0 Å². The lowest BCUT2D eigenvalue weighted by Gasteiger charge is -2.10. The number of hydrogen-bond acceptors (Lipinski definition) is 2. The van der Waals surface area contributed by atoms with Crippen LogP contribution in [0, 0.1) is 12.8 Å². The summed E-state index contributed by atoms with van der Waals surface area (Å²) < 4.78 is 5.65. The molecule has 1 rings (SSSR count). The molecule has 2 N–H and O–H groups in total. The number of hydrogen-bond donors (Lipinski definition) is 1. The summed E-state index contributed by atoms with van der Waals surface area (Å²) >= 11 is 0. The van der Waals surface area contributed by atoms with Gasteiger partial charge in [0.2, 0.25) is 0 Å². The van der Waals surface area contributed by atoms with E-state index in [1.807, 2.05) is 25.1 Å². The zero-order valence-corrected chi connectivity index (χ0v) is 9.21. The Balaban J connectivity index is 2.51. The van der Waals surface area contributed by atoms with Crippen molar-refractivity contribution in [1.29, 1.82) is 0 Å². The summed E-state index contributed by atoms with van der Waals surface area (Å²) in [5, 5.41) is 0. The van der Waals surface area contributed by atoms with Crippen LogP contribution < -0.4 is 10.5 Å². The number of benzene rings is 1. The van der Waals surface area contributed by atoms with E-state index in [0.29, 0.717) is 5.92 Å². The van der Waals surface area contributed by atoms with Gasteiger partial charge in [-0.25, -0.2) is 0 Å². The highest BCUT2D eigenvalue weighted by Gasteiger charge is 2.00. The van der Waals surface area contributed by atoms with E-state index < -0.39 is 0 Å². The Hall–Kier alpha value is -1.18. The first-order valence-electron chi connectivity index (χ1n) is 5.08.